The Labute approximate surface area is 77.8 Å². The summed E-state index contributed by atoms with van der Waals surface area (Å²) in [6.45, 7) is 5.28. The largest absolute Gasteiger partial charge is 0.335 e. The first kappa shape index (κ1) is 10.2. The van der Waals surface area contributed by atoms with Crippen molar-refractivity contribution in [3.05, 3.63) is 12.7 Å². The Hall–Kier alpha value is -0.900. The van der Waals surface area contributed by atoms with Crippen molar-refractivity contribution < 1.29 is 9.18 Å². The third-order valence-corrected chi connectivity index (χ3v) is 2.17. The first-order chi connectivity index (χ1) is 6.13. The Balaban J connectivity index is 2.57. The first-order valence-electron chi connectivity index (χ1n) is 4.37. The van der Waals surface area contributed by atoms with E-state index in [1.807, 2.05) is 11.9 Å². The minimum atomic E-state index is -0.948. The molecule has 0 aromatic carbocycles. The van der Waals surface area contributed by atoms with Gasteiger partial charge in [-0.25, -0.2) is 4.39 Å². The van der Waals surface area contributed by atoms with Crippen LogP contribution in [0.2, 0.25) is 0 Å². The Morgan fingerprint density at radius 3 is 2.85 bits per heavy atom. The van der Waals surface area contributed by atoms with Gasteiger partial charge in [0.2, 0.25) is 5.91 Å². The molecule has 0 saturated carbocycles. The fourth-order valence-electron chi connectivity index (χ4n) is 1.44. The second-order valence-electron chi connectivity index (χ2n) is 3.35. The van der Waals surface area contributed by atoms with Crippen molar-refractivity contribution in [1.82, 2.24) is 9.80 Å². The molecule has 0 N–H and O–H groups in total. The number of rotatable bonds is 1. The fourth-order valence-corrected chi connectivity index (χ4v) is 1.44. The summed E-state index contributed by atoms with van der Waals surface area (Å²) >= 11 is 0. The topological polar surface area (TPSA) is 23.6 Å². The number of carbonyl (C=O) groups is 1. The monoisotopic (exact) mass is 186 g/mol. The average Bonchev–Trinajstić information content (AvgIpc) is 2.25. The quantitative estimate of drug-likeness (QED) is 0.549. The highest BCUT2D eigenvalue weighted by atomic mass is 19.1. The highest BCUT2D eigenvalue weighted by Gasteiger charge is 2.21. The molecule has 0 bridgehead atoms. The number of hydrogen-bond acceptors (Lipinski definition) is 2. The minimum Gasteiger partial charge on any atom is -0.335 e. The molecule has 0 radical (unpaired) electrons. The van der Waals surface area contributed by atoms with E-state index >= 15 is 0 Å². The van der Waals surface area contributed by atoms with Crippen molar-refractivity contribution in [2.45, 2.75) is 6.17 Å². The smallest absolute Gasteiger partial charge is 0.246 e. The van der Waals surface area contributed by atoms with Crippen LogP contribution in [0.3, 0.4) is 0 Å². The van der Waals surface area contributed by atoms with Crippen molar-refractivity contribution in [1.29, 1.82) is 0 Å². The van der Waals surface area contributed by atoms with Crippen LogP contribution < -0.4 is 0 Å². The zero-order chi connectivity index (χ0) is 9.84. The standard InChI is InChI=1S/C9H15FN2O/c1-3-9(13)12-5-4-11(2)6-8(10)7-12/h3,8H,1,4-7H2,2H3. The SMILES string of the molecule is C=CC(=O)N1CCN(C)CC(F)C1. The predicted octanol–water partition coefficient (Wildman–Crippen LogP) is 0.284. The van der Waals surface area contributed by atoms with Crippen LogP contribution in [-0.2, 0) is 4.79 Å². The zero-order valence-electron chi connectivity index (χ0n) is 7.87. The fraction of sp³-hybridized carbons (Fsp3) is 0.667. The van der Waals surface area contributed by atoms with Gasteiger partial charge in [0.15, 0.2) is 0 Å². The number of hydrogen-bond donors (Lipinski definition) is 0. The highest BCUT2D eigenvalue weighted by Crippen LogP contribution is 2.05. The second-order valence-corrected chi connectivity index (χ2v) is 3.35. The maximum atomic E-state index is 13.2. The average molecular weight is 186 g/mol. The van der Waals surface area contributed by atoms with Gasteiger partial charge in [0, 0.05) is 19.6 Å². The van der Waals surface area contributed by atoms with Crippen molar-refractivity contribution in [2.24, 2.45) is 0 Å². The summed E-state index contributed by atoms with van der Waals surface area (Å²) in [7, 11) is 1.86. The van der Waals surface area contributed by atoms with E-state index in [0.717, 1.165) is 6.54 Å². The lowest BCUT2D eigenvalue weighted by molar-refractivity contribution is -0.126. The van der Waals surface area contributed by atoms with Gasteiger partial charge in [0.25, 0.3) is 0 Å². The van der Waals surface area contributed by atoms with E-state index < -0.39 is 6.17 Å². The number of carbonyl (C=O) groups excluding carboxylic acids is 1. The zero-order valence-corrected chi connectivity index (χ0v) is 7.87. The van der Waals surface area contributed by atoms with Gasteiger partial charge in [-0.05, 0) is 13.1 Å². The number of amides is 1. The number of alkyl halides is 1. The van der Waals surface area contributed by atoms with Gasteiger partial charge in [-0.3, -0.25) is 4.79 Å². The van der Waals surface area contributed by atoms with Gasteiger partial charge in [-0.15, -0.1) is 0 Å². The third-order valence-electron chi connectivity index (χ3n) is 2.17. The molecule has 1 saturated heterocycles. The maximum Gasteiger partial charge on any atom is 0.246 e. The molecule has 1 aliphatic heterocycles. The van der Waals surface area contributed by atoms with Crippen molar-refractivity contribution >= 4 is 5.91 Å². The Bertz CT molecular complexity index is 208. The molecule has 1 unspecified atom stereocenters. The van der Waals surface area contributed by atoms with Gasteiger partial charge in [0.1, 0.15) is 6.17 Å². The van der Waals surface area contributed by atoms with Crippen LogP contribution in [0.15, 0.2) is 12.7 Å². The van der Waals surface area contributed by atoms with Gasteiger partial charge in [0.05, 0.1) is 6.54 Å². The number of nitrogens with zero attached hydrogens (tertiary/aromatic N) is 2. The summed E-state index contributed by atoms with van der Waals surface area (Å²) in [5, 5.41) is 0. The molecule has 4 heteroatoms. The molecule has 0 aromatic heterocycles. The van der Waals surface area contributed by atoms with Crippen LogP contribution in [0.25, 0.3) is 0 Å². The number of halogens is 1. The molecule has 74 valence electrons. The molecule has 1 aliphatic rings. The van der Waals surface area contributed by atoms with Crippen molar-refractivity contribution in [3.63, 3.8) is 0 Å². The molecule has 13 heavy (non-hydrogen) atoms. The molecule has 1 atom stereocenters. The van der Waals surface area contributed by atoms with E-state index in [-0.39, 0.29) is 12.5 Å². The van der Waals surface area contributed by atoms with Gasteiger partial charge >= 0.3 is 0 Å². The van der Waals surface area contributed by atoms with Crippen LogP contribution in [0.4, 0.5) is 4.39 Å². The van der Waals surface area contributed by atoms with E-state index in [0.29, 0.717) is 13.1 Å². The summed E-state index contributed by atoms with van der Waals surface area (Å²) in [6.07, 6.45) is 0.286. The molecule has 0 spiro atoms. The van der Waals surface area contributed by atoms with Crippen LogP contribution >= 0.6 is 0 Å². The second kappa shape index (κ2) is 4.37. The molecule has 1 amide bonds. The van der Waals surface area contributed by atoms with Crippen LogP contribution in [0.5, 0.6) is 0 Å². The lowest BCUT2D eigenvalue weighted by atomic mass is 10.3. The number of likely N-dealkylation sites (N-methyl/N-ethyl adjacent to an activating group) is 1. The summed E-state index contributed by atoms with van der Waals surface area (Å²) < 4.78 is 13.2. The van der Waals surface area contributed by atoms with E-state index in [2.05, 4.69) is 6.58 Å². The normalized spacial score (nSPS) is 25.4. The van der Waals surface area contributed by atoms with Crippen molar-refractivity contribution in [3.8, 4) is 0 Å². The Morgan fingerprint density at radius 1 is 1.54 bits per heavy atom. The Kier molecular flexibility index (Phi) is 3.42. The third kappa shape index (κ3) is 2.81. The predicted molar refractivity (Wildman–Crippen MR) is 49.2 cm³/mol. The molecule has 0 aliphatic carbocycles. The maximum absolute atomic E-state index is 13.2. The molecule has 3 nitrogen and oxygen atoms in total. The van der Waals surface area contributed by atoms with Gasteiger partial charge < -0.3 is 9.80 Å². The Morgan fingerprint density at radius 2 is 2.23 bits per heavy atom. The summed E-state index contributed by atoms with van der Waals surface area (Å²) in [6, 6.07) is 0. The molecule has 1 rings (SSSR count). The summed E-state index contributed by atoms with van der Waals surface area (Å²) in [4.78, 5) is 14.6. The van der Waals surface area contributed by atoms with Crippen LogP contribution in [-0.4, -0.2) is 55.1 Å². The minimum absolute atomic E-state index is 0.182. The molecular weight excluding hydrogens is 171 g/mol. The lowest BCUT2D eigenvalue weighted by Gasteiger charge is -2.18. The summed E-state index contributed by atoms with van der Waals surface area (Å²) in [5.41, 5.74) is 0. The summed E-state index contributed by atoms with van der Waals surface area (Å²) in [5.74, 6) is -0.182. The van der Waals surface area contributed by atoms with E-state index in [1.54, 1.807) is 0 Å². The van der Waals surface area contributed by atoms with Gasteiger partial charge in [-0.2, -0.15) is 0 Å². The lowest BCUT2D eigenvalue weighted by Crippen LogP contribution is -2.35. The van der Waals surface area contributed by atoms with E-state index in [4.69, 9.17) is 0 Å². The first-order valence-corrected chi connectivity index (χ1v) is 4.37. The van der Waals surface area contributed by atoms with Crippen LogP contribution in [0.1, 0.15) is 0 Å². The van der Waals surface area contributed by atoms with E-state index in [1.165, 1.54) is 11.0 Å². The highest BCUT2D eigenvalue weighted by molar-refractivity contribution is 5.87. The van der Waals surface area contributed by atoms with Crippen LogP contribution in [0, 0.1) is 0 Å². The van der Waals surface area contributed by atoms with Gasteiger partial charge in [-0.1, -0.05) is 6.58 Å². The molecule has 0 aromatic rings. The molecule has 1 heterocycles. The van der Waals surface area contributed by atoms with E-state index in [9.17, 15) is 9.18 Å². The van der Waals surface area contributed by atoms with Crippen molar-refractivity contribution in [2.75, 3.05) is 33.2 Å². The molecular formula is C9H15FN2O. The molecule has 1 fully saturated rings.